The van der Waals surface area contributed by atoms with Crippen LogP contribution in [0.3, 0.4) is 0 Å². The molecule has 1 aliphatic heterocycles. The molecular weight excluding hydrogens is 283 g/mol. The van der Waals surface area contributed by atoms with Crippen molar-refractivity contribution in [2.45, 2.75) is 19.8 Å². The lowest BCUT2D eigenvalue weighted by Gasteiger charge is -2.21. The lowest BCUT2D eigenvalue weighted by Crippen LogP contribution is -2.29. The van der Waals surface area contributed by atoms with E-state index in [1.165, 1.54) is 25.9 Å². The Morgan fingerprint density at radius 2 is 2.05 bits per heavy atom. The molecule has 1 aromatic heterocycles. The average Bonchev–Trinajstić information content (AvgIpc) is 2.85. The number of pyridine rings is 1. The monoisotopic (exact) mass is 302 g/mol. The molecule has 0 amide bonds. The van der Waals surface area contributed by atoms with Crippen molar-refractivity contribution >= 4 is 34.8 Å². The van der Waals surface area contributed by atoms with Crippen LogP contribution in [0.5, 0.6) is 0 Å². The summed E-state index contributed by atoms with van der Waals surface area (Å²) in [5, 5.41) is 4.14. The van der Waals surface area contributed by atoms with Crippen LogP contribution in [0.25, 0.3) is 0 Å². The van der Waals surface area contributed by atoms with E-state index in [4.69, 9.17) is 28.9 Å². The maximum absolute atomic E-state index is 6.08. The van der Waals surface area contributed by atoms with Gasteiger partial charge in [0, 0.05) is 13.1 Å². The highest BCUT2D eigenvalue weighted by Crippen LogP contribution is 2.27. The van der Waals surface area contributed by atoms with Crippen LogP contribution in [-0.4, -0.2) is 36.1 Å². The van der Waals surface area contributed by atoms with Crippen molar-refractivity contribution in [2.75, 3.05) is 37.2 Å². The lowest BCUT2D eigenvalue weighted by atomic mass is 10.1. The number of rotatable bonds is 5. The van der Waals surface area contributed by atoms with Gasteiger partial charge in [-0.2, -0.15) is 0 Å². The van der Waals surface area contributed by atoms with Crippen molar-refractivity contribution in [3.05, 3.63) is 16.1 Å². The van der Waals surface area contributed by atoms with Gasteiger partial charge in [-0.25, -0.2) is 4.98 Å². The summed E-state index contributed by atoms with van der Waals surface area (Å²) in [6.45, 7) is 6.59. The van der Waals surface area contributed by atoms with Gasteiger partial charge >= 0.3 is 0 Å². The number of hydrogen-bond acceptors (Lipinski definition) is 4. The zero-order valence-electron chi connectivity index (χ0n) is 11.1. The fourth-order valence-corrected chi connectivity index (χ4v) is 2.77. The van der Waals surface area contributed by atoms with Crippen molar-refractivity contribution in [1.82, 2.24) is 9.88 Å². The van der Waals surface area contributed by atoms with Gasteiger partial charge < -0.3 is 16.0 Å². The Bertz CT molecular complexity index is 433. The molecule has 0 aromatic carbocycles. The van der Waals surface area contributed by atoms with Crippen molar-refractivity contribution in [3.8, 4) is 0 Å². The third kappa shape index (κ3) is 4.13. The number of aromatic nitrogens is 1. The summed E-state index contributed by atoms with van der Waals surface area (Å²) in [5.41, 5.74) is 5.68. The molecule has 0 radical (unpaired) electrons. The molecule has 1 saturated heterocycles. The zero-order chi connectivity index (χ0) is 13.8. The molecule has 0 spiro atoms. The van der Waals surface area contributed by atoms with Crippen molar-refractivity contribution in [2.24, 2.45) is 5.92 Å². The van der Waals surface area contributed by atoms with Crippen LogP contribution in [0.2, 0.25) is 10.0 Å². The first-order chi connectivity index (χ1) is 9.06. The SMILES string of the molecule is CC(CNc1nc(N)c(Cl)cc1Cl)CN1CCCC1. The van der Waals surface area contributed by atoms with E-state index in [2.05, 4.69) is 22.1 Å². The van der Waals surface area contributed by atoms with Gasteiger partial charge in [0.2, 0.25) is 0 Å². The number of nitrogens with two attached hydrogens (primary N) is 1. The lowest BCUT2D eigenvalue weighted by molar-refractivity contribution is 0.294. The van der Waals surface area contributed by atoms with E-state index in [-0.39, 0.29) is 0 Å². The van der Waals surface area contributed by atoms with E-state index in [0.717, 1.165) is 13.1 Å². The van der Waals surface area contributed by atoms with Gasteiger partial charge in [0.1, 0.15) is 11.6 Å². The standard InChI is InChI=1S/C13H20Cl2N4/c1-9(8-19-4-2-3-5-19)7-17-13-11(15)6-10(14)12(16)18-13/h6,9H,2-5,7-8H2,1H3,(H3,16,17,18). The van der Waals surface area contributed by atoms with E-state index in [1.807, 2.05) is 0 Å². The second-order valence-electron chi connectivity index (χ2n) is 5.18. The number of likely N-dealkylation sites (tertiary alicyclic amines) is 1. The van der Waals surface area contributed by atoms with Crippen LogP contribution in [-0.2, 0) is 0 Å². The Morgan fingerprint density at radius 3 is 2.74 bits per heavy atom. The number of nitrogen functional groups attached to an aromatic ring is 1. The summed E-state index contributed by atoms with van der Waals surface area (Å²) in [6, 6.07) is 1.62. The summed E-state index contributed by atoms with van der Waals surface area (Å²) in [4.78, 5) is 6.66. The smallest absolute Gasteiger partial charge is 0.147 e. The van der Waals surface area contributed by atoms with Crippen molar-refractivity contribution in [1.29, 1.82) is 0 Å². The first kappa shape index (κ1) is 14.7. The predicted molar refractivity (Wildman–Crippen MR) is 82.0 cm³/mol. The highest BCUT2D eigenvalue weighted by atomic mass is 35.5. The molecule has 19 heavy (non-hydrogen) atoms. The van der Waals surface area contributed by atoms with E-state index >= 15 is 0 Å². The zero-order valence-corrected chi connectivity index (χ0v) is 12.6. The normalized spacial score (nSPS) is 17.6. The highest BCUT2D eigenvalue weighted by Gasteiger charge is 2.15. The Labute approximate surface area is 124 Å². The largest absolute Gasteiger partial charge is 0.382 e. The quantitative estimate of drug-likeness (QED) is 0.877. The molecule has 1 aromatic rings. The van der Waals surface area contributed by atoms with Gasteiger partial charge in [-0.15, -0.1) is 0 Å². The Hall–Kier alpha value is -0.710. The average molecular weight is 303 g/mol. The summed E-state index contributed by atoms with van der Waals surface area (Å²) in [5.74, 6) is 1.45. The van der Waals surface area contributed by atoms with Crippen LogP contribution < -0.4 is 11.1 Å². The van der Waals surface area contributed by atoms with E-state index in [0.29, 0.717) is 27.6 Å². The molecule has 4 nitrogen and oxygen atoms in total. The summed E-state index contributed by atoms with van der Waals surface area (Å²) < 4.78 is 0. The summed E-state index contributed by atoms with van der Waals surface area (Å²) >= 11 is 11.9. The van der Waals surface area contributed by atoms with E-state index in [1.54, 1.807) is 6.07 Å². The summed E-state index contributed by atoms with van der Waals surface area (Å²) in [6.07, 6.45) is 2.64. The Morgan fingerprint density at radius 1 is 1.37 bits per heavy atom. The number of anilines is 2. The van der Waals surface area contributed by atoms with Crippen LogP contribution in [0.1, 0.15) is 19.8 Å². The van der Waals surface area contributed by atoms with Gasteiger partial charge in [-0.3, -0.25) is 0 Å². The van der Waals surface area contributed by atoms with Crippen LogP contribution >= 0.6 is 23.2 Å². The van der Waals surface area contributed by atoms with E-state index < -0.39 is 0 Å². The molecule has 0 saturated carbocycles. The number of halogens is 2. The van der Waals surface area contributed by atoms with Crippen molar-refractivity contribution < 1.29 is 0 Å². The summed E-state index contributed by atoms with van der Waals surface area (Å²) in [7, 11) is 0. The van der Waals surface area contributed by atoms with Gasteiger partial charge in [0.15, 0.2) is 0 Å². The maximum Gasteiger partial charge on any atom is 0.147 e. The molecule has 1 atom stereocenters. The molecule has 6 heteroatoms. The molecule has 1 fully saturated rings. The van der Waals surface area contributed by atoms with E-state index in [9.17, 15) is 0 Å². The third-order valence-corrected chi connectivity index (χ3v) is 3.93. The number of nitrogens with zero attached hydrogens (tertiary/aromatic N) is 2. The first-order valence-corrected chi connectivity index (χ1v) is 7.39. The Balaban J connectivity index is 1.85. The minimum Gasteiger partial charge on any atom is -0.382 e. The van der Waals surface area contributed by atoms with Crippen molar-refractivity contribution in [3.63, 3.8) is 0 Å². The third-order valence-electron chi connectivity index (χ3n) is 3.34. The fourth-order valence-electron chi connectivity index (χ4n) is 2.35. The minimum absolute atomic E-state index is 0.306. The minimum atomic E-state index is 0.306. The second kappa shape index (κ2) is 6.64. The van der Waals surface area contributed by atoms with Crippen LogP contribution in [0.4, 0.5) is 11.6 Å². The molecular formula is C13H20Cl2N4. The molecule has 106 valence electrons. The second-order valence-corrected chi connectivity index (χ2v) is 5.99. The first-order valence-electron chi connectivity index (χ1n) is 6.64. The maximum atomic E-state index is 6.08. The van der Waals surface area contributed by atoms with Gasteiger partial charge in [0.05, 0.1) is 10.0 Å². The highest BCUT2D eigenvalue weighted by molar-refractivity contribution is 6.37. The predicted octanol–water partition coefficient (Wildman–Crippen LogP) is 3.11. The van der Waals surface area contributed by atoms with Gasteiger partial charge in [-0.05, 0) is 37.9 Å². The molecule has 0 bridgehead atoms. The fraction of sp³-hybridized carbons (Fsp3) is 0.615. The molecule has 2 heterocycles. The Kier molecular flexibility index (Phi) is 5.13. The molecule has 2 rings (SSSR count). The van der Waals surface area contributed by atoms with Gasteiger partial charge in [-0.1, -0.05) is 30.1 Å². The van der Waals surface area contributed by atoms with Crippen LogP contribution in [0.15, 0.2) is 6.07 Å². The number of hydrogen-bond donors (Lipinski definition) is 2. The molecule has 3 N–H and O–H groups in total. The van der Waals surface area contributed by atoms with Gasteiger partial charge in [0.25, 0.3) is 0 Å². The molecule has 0 aliphatic carbocycles. The topological polar surface area (TPSA) is 54.2 Å². The van der Waals surface area contributed by atoms with Crippen LogP contribution in [0, 0.1) is 5.92 Å². The molecule has 1 unspecified atom stereocenters. The molecule has 1 aliphatic rings. The number of nitrogens with one attached hydrogen (secondary N) is 1.